The molecule has 0 aliphatic carbocycles. The first-order valence-corrected chi connectivity index (χ1v) is 5.17. The van der Waals surface area contributed by atoms with Crippen molar-refractivity contribution in [2.75, 3.05) is 19.6 Å². The van der Waals surface area contributed by atoms with Gasteiger partial charge in [0.2, 0.25) is 0 Å². The van der Waals surface area contributed by atoms with Crippen LogP contribution in [0.15, 0.2) is 12.2 Å². The third-order valence-electron chi connectivity index (χ3n) is 2.69. The Kier molecular flexibility index (Phi) is 4.76. The third-order valence-corrected chi connectivity index (χ3v) is 2.69. The second-order valence-electron chi connectivity index (χ2n) is 3.66. The van der Waals surface area contributed by atoms with Gasteiger partial charge in [0.15, 0.2) is 0 Å². The molecule has 0 aromatic heterocycles. The monoisotopic (exact) mass is 181 g/mol. The summed E-state index contributed by atoms with van der Waals surface area (Å²) in [4.78, 5) is 12.5. The summed E-state index contributed by atoms with van der Waals surface area (Å²) in [6.07, 6.45) is 8.11. The smallest absolute Gasteiger partial charge is 0.123 e. The van der Waals surface area contributed by atoms with Crippen LogP contribution in [0, 0.1) is 5.92 Å². The Morgan fingerprint density at radius 1 is 1.46 bits per heavy atom. The van der Waals surface area contributed by atoms with Crippen LogP contribution in [0.5, 0.6) is 0 Å². The van der Waals surface area contributed by atoms with E-state index < -0.39 is 0 Å². The van der Waals surface area contributed by atoms with Gasteiger partial charge in [-0.3, -0.25) is 0 Å². The van der Waals surface area contributed by atoms with Crippen LogP contribution in [0.2, 0.25) is 0 Å². The molecule has 0 amide bonds. The summed E-state index contributed by atoms with van der Waals surface area (Å²) in [5.41, 5.74) is 0. The van der Waals surface area contributed by atoms with Gasteiger partial charge in [-0.15, -0.1) is 0 Å². The van der Waals surface area contributed by atoms with Crippen molar-refractivity contribution in [2.45, 2.75) is 26.2 Å². The lowest BCUT2D eigenvalue weighted by Gasteiger charge is -2.11. The van der Waals surface area contributed by atoms with Crippen LogP contribution in [0.1, 0.15) is 26.2 Å². The zero-order valence-electron chi connectivity index (χ0n) is 8.41. The lowest BCUT2D eigenvalue weighted by molar-refractivity contribution is -0.107. The lowest BCUT2D eigenvalue weighted by atomic mass is 10.0. The van der Waals surface area contributed by atoms with Gasteiger partial charge in [0.25, 0.3) is 0 Å². The van der Waals surface area contributed by atoms with Crippen molar-refractivity contribution in [1.29, 1.82) is 0 Å². The molecule has 1 aliphatic rings. The highest BCUT2D eigenvalue weighted by Crippen LogP contribution is 2.19. The zero-order valence-corrected chi connectivity index (χ0v) is 8.41. The Labute approximate surface area is 80.6 Å². The molecule has 1 heterocycles. The summed E-state index contributed by atoms with van der Waals surface area (Å²) < 4.78 is 0. The number of nitrogens with zero attached hydrogens (tertiary/aromatic N) is 1. The molecule has 74 valence electrons. The van der Waals surface area contributed by atoms with E-state index in [0.29, 0.717) is 6.42 Å². The Balaban J connectivity index is 2.13. The van der Waals surface area contributed by atoms with E-state index in [-0.39, 0.29) is 0 Å². The van der Waals surface area contributed by atoms with Gasteiger partial charge >= 0.3 is 0 Å². The van der Waals surface area contributed by atoms with Crippen molar-refractivity contribution in [3.05, 3.63) is 12.2 Å². The first-order chi connectivity index (χ1) is 6.36. The molecule has 0 saturated carbocycles. The molecule has 0 radical (unpaired) electrons. The van der Waals surface area contributed by atoms with Crippen LogP contribution in [0.3, 0.4) is 0 Å². The number of carbonyl (C=O) groups excluding carboxylic acids is 1. The normalized spacial score (nSPS) is 24.2. The van der Waals surface area contributed by atoms with E-state index in [4.69, 9.17) is 0 Å². The van der Waals surface area contributed by atoms with Gasteiger partial charge in [-0.1, -0.05) is 19.1 Å². The second kappa shape index (κ2) is 5.92. The minimum atomic E-state index is 0.574. The Hall–Kier alpha value is -0.630. The molecule has 1 saturated heterocycles. The third kappa shape index (κ3) is 3.73. The number of carbonyl (C=O) groups is 1. The molecule has 13 heavy (non-hydrogen) atoms. The maximum absolute atomic E-state index is 10.0. The summed E-state index contributed by atoms with van der Waals surface area (Å²) in [5.74, 6) is 0.822. The topological polar surface area (TPSA) is 20.3 Å². The molecular formula is C11H19NO. The number of hydrogen-bond donors (Lipinski definition) is 0. The zero-order chi connectivity index (χ0) is 9.52. The average molecular weight is 181 g/mol. The summed E-state index contributed by atoms with van der Waals surface area (Å²) in [6.45, 7) is 5.88. The van der Waals surface area contributed by atoms with E-state index >= 15 is 0 Å². The standard InChI is InChI=1S/C11H19NO/c1-2-12-8-7-11(10-12)6-4-3-5-9-13/h3-4,9,11H,2,5-8,10H2,1H3/b4-3-. The molecule has 0 spiro atoms. The average Bonchev–Trinajstić information content (AvgIpc) is 2.60. The fourth-order valence-electron chi connectivity index (χ4n) is 1.83. The molecule has 0 bridgehead atoms. The first kappa shape index (κ1) is 10.5. The van der Waals surface area contributed by atoms with Crippen LogP contribution >= 0.6 is 0 Å². The Morgan fingerprint density at radius 3 is 2.92 bits per heavy atom. The molecule has 1 fully saturated rings. The number of hydrogen-bond acceptors (Lipinski definition) is 2. The van der Waals surface area contributed by atoms with Gasteiger partial charge in [0.1, 0.15) is 6.29 Å². The van der Waals surface area contributed by atoms with Gasteiger partial charge < -0.3 is 9.69 Å². The Bertz CT molecular complexity index is 177. The van der Waals surface area contributed by atoms with Gasteiger partial charge in [0, 0.05) is 13.0 Å². The van der Waals surface area contributed by atoms with Crippen LogP contribution in [-0.4, -0.2) is 30.8 Å². The second-order valence-corrected chi connectivity index (χ2v) is 3.66. The molecule has 2 nitrogen and oxygen atoms in total. The molecule has 2 heteroatoms. The van der Waals surface area contributed by atoms with Crippen molar-refractivity contribution in [2.24, 2.45) is 5.92 Å². The van der Waals surface area contributed by atoms with Crippen molar-refractivity contribution in [3.63, 3.8) is 0 Å². The summed E-state index contributed by atoms with van der Waals surface area (Å²) >= 11 is 0. The van der Waals surface area contributed by atoms with Gasteiger partial charge in [-0.25, -0.2) is 0 Å². The SMILES string of the molecule is CCN1CCC(C/C=C\CC=O)C1. The lowest BCUT2D eigenvalue weighted by Crippen LogP contribution is -2.19. The fraction of sp³-hybridized carbons (Fsp3) is 0.727. The predicted octanol–water partition coefficient (Wildman–Crippen LogP) is 1.86. The van der Waals surface area contributed by atoms with E-state index in [0.717, 1.165) is 18.6 Å². The highest BCUT2D eigenvalue weighted by Gasteiger charge is 2.19. The maximum Gasteiger partial charge on any atom is 0.123 e. The number of allylic oxidation sites excluding steroid dienone is 2. The maximum atomic E-state index is 10.0. The summed E-state index contributed by atoms with van der Waals surface area (Å²) in [5, 5.41) is 0. The van der Waals surface area contributed by atoms with E-state index in [9.17, 15) is 4.79 Å². The van der Waals surface area contributed by atoms with Crippen LogP contribution < -0.4 is 0 Å². The molecule has 0 aromatic carbocycles. The predicted molar refractivity (Wildman–Crippen MR) is 54.7 cm³/mol. The minimum Gasteiger partial charge on any atom is -0.303 e. The molecule has 1 atom stereocenters. The van der Waals surface area contributed by atoms with Crippen molar-refractivity contribution in [1.82, 2.24) is 4.90 Å². The Morgan fingerprint density at radius 2 is 2.31 bits per heavy atom. The number of aldehydes is 1. The van der Waals surface area contributed by atoms with Crippen molar-refractivity contribution in [3.8, 4) is 0 Å². The molecule has 0 N–H and O–H groups in total. The molecule has 1 rings (SSSR count). The highest BCUT2D eigenvalue weighted by atomic mass is 16.1. The summed E-state index contributed by atoms with van der Waals surface area (Å²) in [6, 6.07) is 0. The van der Waals surface area contributed by atoms with E-state index in [1.807, 2.05) is 6.08 Å². The van der Waals surface area contributed by atoms with Gasteiger partial charge in [-0.05, 0) is 31.8 Å². The highest BCUT2D eigenvalue weighted by molar-refractivity contribution is 5.51. The fourth-order valence-corrected chi connectivity index (χ4v) is 1.83. The quantitative estimate of drug-likeness (QED) is 0.476. The van der Waals surface area contributed by atoms with Gasteiger partial charge in [0.05, 0.1) is 0 Å². The van der Waals surface area contributed by atoms with E-state index in [1.165, 1.54) is 26.1 Å². The van der Waals surface area contributed by atoms with E-state index in [2.05, 4.69) is 17.9 Å². The van der Waals surface area contributed by atoms with Crippen LogP contribution in [0.25, 0.3) is 0 Å². The molecular weight excluding hydrogens is 162 g/mol. The van der Waals surface area contributed by atoms with Gasteiger partial charge in [-0.2, -0.15) is 0 Å². The first-order valence-electron chi connectivity index (χ1n) is 5.17. The largest absolute Gasteiger partial charge is 0.303 e. The van der Waals surface area contributed by atoms with Crippen LogP contribution in [0.4, 0.5) is 0 Å². The molecule has 1 unspecified atom stereocenters. The molecule has 1 aliphatic heterocycles. The van der Waals surface area contributed by atoms with Crippen molar-refractivity contribution < 1.29 is 4.79 Å². The van der Waals surface area contributed by atoms with E-state index in [1.54, 1.807) is 0 Å². The number of rotatable bonds is 5. The van der Waals surface area contributed by atoms with Crippen molar-refractivity contribution >= 4 is 6.29 Å². The summed E-state index contributed by atoms with van der Waals surface area (Å²) in [7, 11) is 0. The van der Waals surface area contributed by atoms with Crippen LogP contribution in [-0.2, 0) is 4.79 Å². The number of likely N-dealkylation sites (tertiary alicyclic amines) is 1. The molecule has 0 aromatic rings. The minimum absolute atomic E-state index is 0.574.